The molecule has 0 bridgehead atoms. The minimum absolute atomic E-state index is 0. The molecule has 1 unspecified atom stereocenters. The molecule has 0 amide bonds. The van der Waals surface area contributed by atoms with Crippen molar-refractivity contribution in [2.45, 2.75) is 6.04 Å². The largest absolute Gasteiger partial charge is 0.352 e. The molecular formula is C24H24Cl3FN6. The summed E-state index contributed by atoms with van der Waals surface area (Å²) >= 11 is 6.43. The fraction of sp³-hybridized carbons (Fsp3) is 0.208. The lowest BCUT2D eigenvalue weighted by molar-refractivity contribution is 0.212. The molecule has 1 atom stereocenters. The van der Waals surface area contributed by atoms with Gasteiger partial charge in [0.15, 0.2) is 5.82 Å². The lowest BCUT2D eigenvalue weighted by atomic mass is 9.99. The second kappa shape index (κ2) is 11.6. The van der Waals surface area contributed by atoms with Gasteiger partial charge in [0, 0.05) is 49.7 Å². The Bertz CT molecular complexity index is 1180. The van der Waals surface area contributed by atoms with E-state index in [9.17, 15) is 4.39 Å². The lowest BCUT2D eigenvalue weighted by Crippen LogP contribution is -2.48. The maximum Gasteiger partial charge on any atom is 0.155 e. The highest BCUT2D eigenvalue weighted by Gasteiger charge is 2.30. The molecule has 1 N–H and O–H groups in total. The number of aromatic nitrogens is 4. The maximum atomic E-state index is 13.4. The summed E-state index contributed by atoms with van der Waals surface area (Å²) in [6.07, 6.45) is 5.18. The van der Waals surface area contributed by atoms with Crippen LogP contribution < -0.4 is 4.90 Å². The number of nitrogens with zero attached hydrogens (tertiary/aromatic N) is 5. The molecule has 1 aliphatic heterocycles. The van der Waals surface area contributed by atoms with Gasteiger partial charge in [-0.3, -0.25) is 15.0 Å². The van der Waals surface area contributed by atoms with Gasteiger partial charge in [-0.1, -0.05) is 41.9 Å². The number of hydrogen-bond acceptors (Lipinski definition) is 5. The Morgan fingerprint density at radius 1 is 0.882 bits per heavy atom. The number of nitrogens with one attached hydrogen (secondary N) is 1. The Hall–Kier alpha value is -2.71. The molecule has 0 aliphatic carbocycles. The van der Waals surface area contributed by atoms with Gasteiger partial charge in [-0.05, 0) is 29.8 Å². The van der Waals surface area contributed by atoms with E-state index in [2.05, 4.69) is 42.1 Å². The zero-order chi connectivity index (χ0) is 21.9. The second-order valence-electron chi connectivity index (χ2n) is 7.71. The van der Waals surface area contributed by atoms with E-state index in [-0.39, 0.29) is 36.7 Å². The summed E-state index contributed by atoms with van der Waals surface area (Å²) in [7, 11) is 0. The molecule has 6 nitrogen and oxygen atoms in total. The van der Waals surface area contributed by atoms with Gasteiger partial charge >= 0.3 is 0 Å². The van der Waals surface area contributed by atoms with Gasteiger partial charge in [0.05, 0.1) is 12.2 Å². The molecule has 3 heterocycles. The molecule has 1 fully saturated rings. The average molecular weight is 522 g/mol. The van der Waals surface area contributed by atoms with Gasteiger partial charge in [0.25, 0.3) is 0 Å². The number of piperazine rings is 1. The van der Waals surface area contributed by atoms with E-state index in [0.29, 0.717) is 5.15 Å². The van der Waals surface area contributed by atoms with Crippen molar-refractivity contribution < 1.29 is 4.39 Å². The van der Waals surface area contributed by atoms with E-state index in [1.807, 2.05) is 24.4 Å². The summed E-state index contributed by atoms with van der Waals surface area (Å²) < 4.78 is 13.4. The molecule has 0 radical (unpaired) electrons. The summed E-state index contributed by atoms with van der Waals surface area (Å²) in [5.74, 6) is 0.550. The molecule has 1 saturated heterocycles. The predicted octanol–water partition coefficient (Wildman–Crippen LogP) is 5.41. The monoisotopic (exact) mass is 520 g/mol. The predicted molar refractivity (Wildman–Crippen MR) is 138 cm³/mol. The van der Waals surface area contributed by atoms with Crippen molar-refractivity contribution in [3.63, 3.8) is 0 Å². The molecule has 1 aliphatic rings. The van der Waals surface area contributed by atoms with Crippen LogP contribution >= 0.6 is 36.4 Å². The van der Waals surface area contributed by atoms with Gasteiger partial charge in [0.1, 0.15) is 16.7 Å². The van der Waals surface area contributed by atoms with Crippen molar-refractivity contribution in [1.82, 2.24) is 25.1 Å². The van der Waals surface area contributed by atoms with Crippen molar-refractivity contribution in [2.24, 2.45) is 0 Å². The van der Waals surface area contributed by atoms with Crippen LogP contribution in [0.5, 0.6) is 0 Å². The van der Waals surface area contributed by atoms with Crippen LogP contribution in [0.4, 0.5) is 10.2 Å². The molecule has 2 aromatic carbocycles. The topological polar surface area (TPSA) is 60.9 Å². The standard InChI is InChI=1S/C24H22ClFN6.2ClH/c25-23-20(16-29-30-23)22(18-4-2-1-3-5-18)31-12-14-32(15-13-31)24-21(27-10-11-28-24)17-6-8-19(26)9-7-17;;/h1-11,16,22H,12-15H2,(H,29,30);2*1H. The zero-order valence-corrected chi connectivity index (χ0v) is 20.5. The summed E-state index contributed by atoms with van der Waals surface area (Å²) in [5, 5.41) is 7.56. The number of aromatic amines is 1. The van der Waals surface area contributed by atoms with E-state index in [1.165, 1.54) is 17.7 Å². The molecular weight excluding hydrogens is 498 g/mol. The lowest BCUT2D eigenvalue weighted by Gasteiger charge is -2.40. The Morgan fingerprint density at radius 2 is 1.56 bits per heavy atom. The summed E-state index contributed by atoms with van der Waals surface area (Å²) in [4.78, 5) is 13.8. The molecule has 10 heteroatoms. The number of anilines is 1. The van der Waals surface area contributed by atoms with Gasteiger partial charge in [-0.15, -0.1) is 24.8 Å². The highest BCUT2D eigenvalue weighted by atomic mass is 35.5. The molecule has 4 aromatic rings. The van der Waals surface area contributed by atoms with Gasteiger partial charge in [-0.25, -0.2) is 9.37 Å². The zero-order valence-electron chi connectivity index (χ0n) is 18.1. The van der Waals surface area contributed by atoms with Crippen molar-refractivity contribution in [1.29, 1.82) is 0 Å². The Balaban J connectivity index is 0.00000162. The van der Waals surface area contributed by atoms with Crippen LogP contribution in [0.15, 0.2) is 73.2 Å². The van der Waals surface area contributed by atoms with E-state index >= 15 is 0 Å². The SMILES string of the molecule is Cl.Cl.Fc1ccc(-c2nccnc2N2CCN(C(c3ccccc3)c3cn[nH]c3Cl)CC2)cc1. The first-order valence-corrected chi connectivity index (χ1v) is 10.9. The van der Waals surface area contributed by atoms with E-state index < -0.39 is 0 Å². The van der Waals surface area contributed by atoms with Crippen LogP contribution in [0, 0.1) is 5.82 Å². The summed E-state index contributed by atoms with van der Waals surface area (Å²) in [5.41, 5.74) is 3.76. The summed E-state index contributed by atoms with van der Waals surface area (Å²) in [6, 6.07) is 16.7. The highest BCUT2D eigenvalue weighted by molar-refractivity contribution is 6.30. The third kappa shape index (κ3) is 5.33. The Labute approximate surface area is 215 Å². The minimum atomic E-state index is -0.266. The van der Waals surface area contributed by atoms with E-state index in [0.717, 1.165) is 48.8 Å². The Kier molecular flexibility index (Phi) is 8.85. The van der Waals surface area contributed by atoms with Crippen LogP contribution in [0.25, 0.3) is 11.3 Å². The maximum absolute atomic E-state index is 13.4. The molecule has 0 saturated carbocycles. The molecule has 178 valence electrons. The Morgan fingerprint density at radius 3 is 2.21 bits per heavy atom. The third-order valence-corrected chi connectivity index (χ3v) is 6.11. The number of halogens is 4. The van der Waals surface area contributed by atoms with Crippen molar-refractivity contribution in [3.8, 4) is 11.3 Å². The fourth-order valence-electron chi connectivity index (χ4n) is 4.26. The van der Waals surface area contributed by atoms with Crippen molar-refractivity contribution >= 4 is 42.2 Å². The highest BCUT2D eigenvalue weighted by Crippen LogP contribution is 2.34. The normalized spacial score (nSPS) is 14.7. The number of benzene rings is 2. The number of H-pyrrole nitrogens is 1. The van der Waals surface area contributed by atoms with E-state index in [4.69, 9.17) is 11.6 Å². The number of rotatable bonds is 5. The van der Waals surface area contributed by atoms with Crippen LogP contribution in [0.3, 0.4) is 0 Å². The first-order valence-electron chi connectivity index (χ1n) is 10.5. The van der Waals surface area contributed by atoms with Crippen LogP contribution in [-0.4, -0.2) is 51.2 Å². The van der Waals surface area contributed by atoms with Crippen LogP contribution in [0.2, 0.25) is 5.15 Å². The fourth-order valence-corrected chi connectivity index (χ4v) is 4.46. The minimum Gasteiger partial charge on any atom is -0.352 e. The second-order valence-corrected chi connectivity index (χ2v) is 8.09. The van der Waals surface area contributed by atoms with Crippen LogP contribution in [0.1, 0.15) is 17.2 Å². The van der Waals surface area contributed by atoms with Gasteiger partial charge < -0.3 is 4.90 Å². The first-order chi connectivity index (χ1) is 15.7. The molecule has 34 heavy (non-hydrogen) atoms. The first kappa shape index (κ1) is 25.9. The van der Waals surface area contributed by atoms with Crippen LogP contribution in [-0.2, 0) is 0 Å². The average Bonchev–Trinajstić information content (AvgIpc) is 3.26. The van der Waals surface area contributed by atoms with Gasteiger partial charge in [0.2, 0.25) is 0 Å². The smallest absolute Gasteiger partial charge is 0.155 e. The third-order valence-electron chi connectivity index (χ3n) is 5.81. The summed E-state index contributed by atoms with van der Waals surface area (Å²) in [6.45, 7) is 3.21. The van der Waals surface area contributed by atoms with Crippen molar-refractivity contribution in [3.05, 3.63) is 95.3 Å². The molecule has 0 spiro atoms. The van der Waals surface area contributed by atoms with Gasteiger partial charge in [-0.2, -0.15) is 5.10 Å². The quantitative estimate of drug-likeness (QED) is 0.380. The number of hydrogen-bond donors (Lipinski definition) is 1. The van der Waals surface area contributed by atoms with E-state index in [1.54, 1.807) is 24.5 Å². The molecule has 2 aromatic heterocycles. The molecule has 5 rings (SSSR count). The van der Waals surface area contributed by atoms with Crippen molar-refractivity contribution in [2.75, 3.05) is 31.1 Å².